The maximum absolute atomic E-state index is 12.9. The van der Waals surface area contributed by atoms with Crippen LogP contribution in [0.15, 0.2) is 42.5 Å². The maximum atomic E-state index is 12.9. The molecular formula is C23H24O6. The lowest BCUT2D eigenvalue weighted by molar-refractivity contribution is -0.173. The number of ether oxygens (including phenoxy) is 3. The Morgan fingerprint density at radius 2 is 1.86 bits per heavy atom. The molecule has 2 fully saturated rings. The lowest BCUT2D eigenvalue weighted by Crippen LogP contribution is -2.41. The van der Waals surface area contributed by atoms with E-state index in [-0.39, 0.29) is 31.5 Å². The third kappa shape index (κ3) is 3.59. The molecule has 3 atom stereocenters. The summed E-state index contributed by atoms with van der Waals surface area (Å²) in [6, 6.07) is 14.2. The van der Waals surface area contributed by atoms with Crippen molar-refractivity contribution in [3.63, 3.8) is 0 Å². The molecule has 6 nitrogen and oxygen atoms in total. The summed E-state index contributed by atoms with van der Waals surface area (Å²) in [4.78, 5) is 36.0. The molecule has 1 heterocycles. The van der Waals surface area contributed by atoms with E-state index in [2.05, 4.69) is 6.07 Å². The Kier molecular flexibility index (Phi) is 4.81. The van der Waals surface area contributed by atoms with Gasteiger partial charge in [0.15, 0.2) is 0 Å². The van der Waals surface area contributed by atoms with E-state index in [0.717, 1.165) is 16.3 Å². The summed E-state index contributed by atoms with van der Waals surface area (Å²) < 4.78 is 16.3. The molecule has 0 spiro atoms. The van der Waals surface area contributed by atoms with E-state index in [4.69, 9.17) is 14.2 Å². The number of cyclic esters (lactones) is 1. The lowest BCUT2D eigenvalue weighted by atomic mass is 9.74. The van der Waals surface area contributed by atoms with Crippen molar-refractivity contribution in [3.8, 4) is 0 Å². The molecule has 0 bridgehead atoms. The molecule has 0 aromatic heterocycles. The van der Waals surface area contributed by atoms with Crippen LogP contribution in [0.25, 0.3) is 10.8 Å². The smallest absolute Gasteiger partial charge is 0.312 e. The zero-order valence-electron chi connectivity index (χ0n) is 16.6. The van der Waals surface area contributed by atoms with Crippen LogP contribution in [0.2, 0.25) is 0 Å². The van der Waals surface area contributed by atoms with Crippen LogP contribution in [0.1, 0.15) is 32.3 Å². The Morgan fingerprint density at radius 3 is 2.59 bits per heavy atom. The molecule has 4 rings (SSSR count). The highest BCUT2D eigenvalue weighted by Crippen LogP contribution is 2.56. The highest BCUT2D eigenvalue weighted by molar-refractivity contribution is 5.84. The van der Waals surface area contributed by atoms with Crippen LogP contribution in [0, 0.1) is 11.3 Å². The topological polar surface area (TPSA) is 78.9 Å². The number of benzene rings is 2. The second kappa shape index (κ2) is 7.17. The normalized spacial score (nSPS) is 28.1. The van der Waals surface area contributed by atoms with E-state index in [0.29, 0.717) is 12.8 Å². The SMILES string of the molecule is CC(=O)OCC1(OC(C)=O)CC2COC(=O)C2(Cc2ccc3ccccc3c2)C1. The number of carbonyl (C=O) groups excluding carboxylic acids is 3. The zero-order valence-corrected chi connectivity index (χ0v) is 16.6. The fourth-order valence-corrected chi connectivity index (χ4v) is 4.96. The van der Waals surface area contributed by atoms with Crippen LogP contribution in [-0.2, 0) is 35.0 Å². The van der Waals surface area contributed by atoms with Crippen molar-refractivity contribution >= 4 is 28.7 Å². The van der Waals surface area contributed by atoms with Crippen LogP contribution in [-0.4, -0.2) is 36.7 Å². The van der Waals surface area contributed by atoms with E-state index in [1.807, 2.05) is 36.4 Å². The minimum atomic E-state index is -1.00. The number of rotatable bonds is 5. The van der Waals surface area contributed by atoms with Crippen molar-refractivity contribution < 1.29 is 28.6 Å². The number of esters is 3. The quantitative estimate of drug-likeness (QED) is 0.570. The zero-order chi connectivity index (χ0) is 20.6. The molecule has 1 aliphatic heterocycles. The molecule has 2 aromatic carbocycles. The lowest BCUT2D eigenvalue weighted by Gasteiger charge is -2.31. The average molecular weight is 396 g/mol. The summed E-state index contributed by atoms with van der Waals surface area (Å²) in [5.41, 5.74) is -0.769. The van der Waals surface area contributed by atoms with Gasteiger partial charge in [-0.1, -0.05) is 42.5 Å². The standard InChI is InChI=1S/C23H24O6/c1-15(24)28-14-22(29-16(2)25)11-20-12-27-21(26)23(20,13-22)10-17-7-8-18-5-3-4-6-19(18)9-17/h3-9,20H,10-14H2,1-2H3. The largest absolute Gasteiger partial charge is 0.465 e. The van der Waals surface area contributed by atoms with Gasteiger partial charge in [-0.3, -0.25) is 14.4 Å². The molecule has 2 aromatic rings. The van der Waals surface area contributed by atoms with Crippen molar-refractivity contribution in [1.82, 2.24) is 0 Å². The van der Waals surface area contributed by atoms with E-state index < -0.39 is 23.0 Å². The van der Waals surface area contributed by atoms with Gasteiger partial charge in [0.1, 0.15) is 12.2 Å². The number of fused-ring (bicyclic) bond motifs is 2. The molecule has 6 heteroatoms. The molecule has 1 saturated carbocycles. The maximum Gasteiger partial charge on any atom is 0.312 e. The van der Waals surface area contributed by atoms with Crippen LogP contribution in [0.5, 0.6) is 0 Å². The minimum absolute atomic E-state index is 0.0504. The second-order valence-electron chi connectivity index (χ2n) is 8.25. The summed E-state index contributed by atoms with van der Waals surface area (Å²) in [7, 11) is 0. The van der Waals surface area contributed by atoms with Crippen molar-refractivity contribution in [3.05, 3.63) is 48.0 Å². The van der Waals surface area contributed by atoms with E-state index in [1.54, 1.807) is 0 Å². The third-order valence-corrected chi connectivity index (χ3v) is 6.09. The van der Waals surface area contributed by atoms with Gasteiger partial charge in [-0.25, -0.2) is 0 Å². The van der Waals surface area contributed by atoms with Crippen LogP contribution >= 0.6 is 0 Å². The Hall–Kier alpha value is -2.89. The first kappa shape index (κ1) is 19.4. The van der Waals surface area contributed by atoms with Gasteiger partial charge in [0.05, 0.1) is 12.0 Å². The molecule has 1 saturated heterocycles. The van der Waals surface area contributed by atoms with E-state index in [9.17, 15) is 14.4 Å². The average Bonchev–Trinajstić information content (AvgIpc) is 3.12. The van der Waals surface area contributed by atoms with Crippen molar-refractivity contribution in [1.29, 1.82) is 0 Å². The summed E-state index contributed by atoms with van der Waals surface area (Å²) >= 11 is 0. The summed E-state index contributed by atoms with van der Waals surface area (Å²) in [5.74, 6) is -1.27. The summed E-state index contributed by atoms with van der Waals surface area (Å²) in [5, 5.41) is 2.24. The van der Waals surface area contributed by atoms with Gasteiger partial charge in [-0.05, 0) is 29.2 Å². The second-order valence-corrected chi connectivity index (χ2v) is 8.25. The Bertz CT molecular complexity index is 982. The molecule has 0 amide bonds. The van der Waals surface area contributed by atoms with E-state index in [1.165, 1.54) is 13.8 Å². The fourth-order valence-electron chi connectivity index (χ4n) is 4.96. The first-order chi connectivity index (χ1) is 13.8. The van der Waals surface area contributed by atoms with Gasteiger partial charge in [-0.15, -0.1) is 0 Å². The van der Waals surface area contributed by atoms with Gasteiger partial charge in [0, 0.05) is 26.2 Å². The molecule has 0 N–H and O–H groups in total. The van der Waals surface area contributed by atoms with Crippen LogP contribution < -0.4 is 0 Å². The number of hydrogen-bond donors (Lipinski definition) is 0. The third-order valence-electron chi connectivity index (χ3n) is 6.09. The van der Waals surface area contributed by atoms with E-state index >= 15 is 0 Å². The Labute approximate surface area is 169 Å². The van der Waals surface area contributed by atoms with Gasteiger partial charge < -0.3 is 14.2 Å². The minimum Gasteiger partial charge on any atom is -0.465 e. The summed E-state index contributed by atoms with van der Waals surface area (Å²) in [6.07, 6.45) is 1.20. The highest BCUT2D eigenvalue weighted by atomic mass is 16.6. The molecule has 2 aliphatic rings. The molecular weight excluding hydrogens is 372 g/mol. The molecule has 0 radical (unpaired) electrons. The Balaban J connectivity index is 1.67. The van der Waals surface area contributed by atoms with Crippen molar-refractivity contribution in [2.75, 3.05) is 13.2 Å². The van der Waals surface area contributed by atoms with Crippen LogP contribution in [0.4, 0.5) is 0 Å². The molecule has 3 unspecified atom stereocenters. The Morgan fingerprint density at radius 1 is 1.10 bits per heavy atom. The highest BCUT2D eigenvalue weighted by Gasteiger charge is 2.64. The van der Waals surface area contributed by atoms with Crippen LogP contribution in [0.3, 0.4) is 0 Å². The number of hydrogen-bond acceptors (Lipinski definition) is 6. The molecule has 1 aliphatic carbocycles. The summed E-state index contributed by atoms with van der Waals surface area (Å²) in [6.45, 7) is 2.88. The molecule has 29 heavy (non-hydrogen) atoms. The van der Waals surface area contributed by atoms with Gasteiger partial charge in [0.2, 0.25) is 0 Å². The monoisotopic (exact) mass is 396 g/mol. The van der Waals surface area contributed by atoms with Gasteiger partial charge in [-0.2, -0.15) is 0 Å². The van der Waals surface area contributed by atoms with Gasteiger partial charge >= 0.3 is 17.9 Å². The van der Waals surface area contributed by atoms with Crippen molar-refractivity contribution in [2.24, 2.45) is 11.3 Å². The fraction of sp³-hybridized carbons (Fsp3) is 0.435. The first-order valence-corrected chi connectivity index (χ1v) is 9.80. The van der Waals surface area contributed by atoms with Gasteiger partial charge in [0.25, 0.3) is 0 Å². The molecule has 152 valence electrons. The van der Waals surface area contributed by atoms with Crippen molar-refractivity contribution in [2.45, 2.75) is 38.7 Å². The predicted octanol–water partition coefficient (Wildman–Crippen LogP) is 3.20. The number of carbonyl (C=O) groups is 3. The first-order valence-electron chi connectivity index (χ1n) is 9.80. The predicted molar refractivity (Wildman–Crippen MR) is 105 cm³/mol.